The molecular formula is C18H18N6. The monoisotopic (exact) mass is 318 g/mol. The molecule has 4 heterocycles. The summed E-state index contributed by atoms with van der Waals surface area (Å²) in [7, 11) is 0. The molecule has 24 heavy (non-hydrogen) atoms. The van der Waals surface area contributed by atoms with Crippen LogP contribution < -0.4 is 4.90 Å². The van der Waals surface area contributed by atoms with Gasteiger partial charge >= 0.3 is 0 Å². The lowest BCUT2D eigenvalue weighted by atomic mass is 9.56. The van der Waals surface area contributed by atoms with E-state index in [4.69, 9.17) is 0 Å². The fraction of sp³-hybridized carbons (Fsp3) is 0.333. The van der Waals surface area contributed by atoms with Gasteiger partial charge in [0.2, 0.25) is 0 Å². The Morgan fingerprint density at radius 3 is 2.71 bits per heavy atom. The van der Waals surface area contributed by atoms with Gasteiger partial charge in [-0.2, -0.15) is 0 Å². The second-order valence-electron chi connectivity index (χ2n) is 6.74. The van der Waals surface area contributed by atoms with Crippen LogP contribution in [0.3, 0.4) is 0 Å². The molecule has 2 fully saturated rings. The Bertz CT molecular complexity index is 841. The van der Waals surface area contributed by atoms with E-state index in [1.54, 1.807) is 18.9 Å². The van der Waals surface area contributed by atoms with Gasteiger partial charge < -0.3 is 4.90 Å². The second-order valence-corrected chi connectivity index (χ2v) is 6.74. The van der Waals surface area contributed by atoms with Crippen LogP contribution in [0, 0.1) is 5.41 Å². The molecule has 1 saturated heterocycles. The largest absolute Gasteiger partial charge is 0.348 e. The first-order valence-electron chi connectivity index (χ1n) is 8.33. The Morgan fingerprint density at radius 2 is 2.00 bits per heavy atom. The van der Waals surface area contributed by atoms with Crippen molar-refractivity contribution < 1.29 is 0 Å². The third-order valence-corrected chi connectivity index (χ3v) is 5.43. The molecule has 0 bridgehead atoms. The molecule has 3 aromatic rings. The molecule has 120 valence electrons. The van der Waals surface area contributed by atoms with Crippen molar-refractivity contribution in [2.75, 3.05) is 11.4 Å². The Hall–Kier alpha value is -2.76. The van der Waals surface area contributed by atoms with Crippen molar-refractivity contribution in [2.45, 2.75) is 25.3 Å². The van der Waals surface area contributed by atoms with E-state index in [1.165, 1.54) is 24.8 Å². The smallest absolute Gasteiger partial charge is 0.143 e. The van der Waals surface area contributed by atoms with Gasteiger partial charge in [0.15, 0.2) is 0 Å². The van der Waals surface area contributed by atoms with E-state index in [9.17, 15) is 0 Å². The number of nitrogens with zero attached hydrogens (tertiary/aromatic N) is 6. The lowest BCUT2D eigenvalue weighted by molar-refractivity contribution is 0.0275. The zero-order chi connectivity index (χ0) is 16.0. The van der Waals surface area contributed by atoms with Crippen molar-refractivity contribution in [3.8, 4) is 5.82 Å². The van der Waals surface area contributed by atoms with Gasteiger partial charge in [0.1, 0.15) is 24.3 Å². The van der Waals surface area contributed by atoms with Gasteiger partial charge in [-0.3, -0.25) is 9.55 Å². The van der Waals surface area contributed by atoms with Crippen molar-refractivity contribution in [3.63, 3.8) is 0 Å². The van der Waals surface area contributed by atoms with Crippen LogP contribution in [0.15, 0.2) is 55.6 Å². The molecule has 5 rings (SSSR count). The van der Waals surface area contributed by atoms with Gasteiger partial charge in [-0.25, -0.2) is 15.0 Å². The normalized spacial score (nSPS) is 21.3. The minimum atomic E-state index is 0.366. The first-order chi connectivity index (χ1) is 11.9. The number of imidazole rings is 1. The van der Waals surface area contributed by atoms with Crippen LogP contribution in [-0.4, -0.2) is 31.0 Å². The summed E-state index contributed by atoms with van der Waals surface area (Å²) in [6.07, 6.45) is 14.8. The number of aromatic nitrogens is 5. The predicted octanol–water partition coefficient (Wildman–Crippen LogP) is 2.79. The van der Waals surface area contributed by atoms with Crippen LogP contribution in [0.25, 0.3) is 5.82 Å². The highest BCUT2D eigenvalue weighted by Crippen LogP contribution is 2.61. The number of rotatable bonds is 3. The average Bonchev–Trinajstić information content (AvgIpc) is 3.08. The molecule has 1 unspecified atom stereocenters. The van der Waals surface area contributed by atoms with E-state index >= 15 is 0 Å². The first kappa shape index (κ1) is 13.7. The summed E-state index contributed by atoms with van der Waals surface area (Å²) in [6.45, 7) is 1.06. The summed E-state index contributed by atoms with van der Waals surface area (Å²) in [6, 6.07) is 6.61. The summed E-state index contributed by atoms with van der Waals surface area (Å²) in [5, 5.41) is 0. The van der Waals surface area contributed by atoms with Crippen LogP contribution in [0.2, 0.25) is 0 Å². The van der Waals surface area contributed by atoms with Gasteiger partial charge in [0.25, 0.3) is 0 Å². The van der Waals surface area contributed by atoms with Gasteiger partial charge in [-0.05, 0) is 24.5 Å². The summed E-state index contributed by atoms with van der Waals surface area (Å²) >= 11 is 0. The predicted molar refractivity (Wildman–Crippen MR) is 89.8 cm³/mol. The van der Waals surface area contributed by atoms with Crippen LogP contribution in [0.4, 0.5) is 5.82 Å². The number of hydrogen-bond acceptors (Lipinski definition) is 5. The quantitative estimate of drug-likeness (QED) is 0.743. The fourth-order valence-corrected chi connectivity index (χ4v) is 4.11. The Morgan fingerprint density at radius 1 is 1.08 bits per heavy atom. The van der Waals surface area contributed by atoms with Gasteiger partial charge in [-0.1, -0.05) is 12.5 Å². The molecule has 1 atom stereocenters. The SMILES string of the molecule is c1cncc(C2N(c3cc(-n4ccnc4)ncn3)CC23CCC3)c1. The maximum atomic E-state index is 4.53. The zero-order valence-corrected chi connectivity index (χ0v) is 13.3. The molecule has 0 N–H and O–H groups in total. The summed E-state index contributed by atoms with van der Waals surface area (Å²) in [5.74, 6) is 1.82. The molecule has 3 aromatic heterocycles. The summed E-state index contributed by atoms with van der Waals surface area (Å²) in [5.41, 5.74) is 1.69. The molecule has 0 aromatic carbocycles. The van der Waals surface area contributed by atoms with Crippen molar-refractivity contribution in [1.29, 1.82) is 0 Å². The molecule has 1 saturated carbocycles. The lowest BCUT2D eigenvalue weighted by Crippen LogP contribution is -2.62. The van der Waals surface area contributed by atoms with E-state index in [2.05, 4.69) is 30.9 Å². The number of hydrogen-bond donors (Lipinski definition) is 0. The van der Waals surface area contributed by atoms with Crippen molar-refractivity contribution in [3.05, 3.63) is 61.2 Å². The molecule has 0 radical (unpaired) electrons. The van der Waals surface area contributed by atoms with E-state index in [-0.39, 0.29) is 0 Å². The topological polar surface area (TPSA) is 59.7 Å². The maximum Gasteiger partial charge on any atom is 0.143 e. The molecular weight excluding hydrogens is 300 g/mol. The zero-order valence-electron chi connectivity index (χ0n) is 13.3. The van der Waals surface area contributed by atoms with Gasteiger partial charge in [-0.15, -0.1) is 0 Å². The van der Waals surface area contributed by atoms with Crippen LogP contribution in [0.1, 0.15) is 30.9 Å². The second kappa shape index (κ2) is 5.12. The molecule has 1 spiro atoms. The standard InChI is InChI=1S/C18H18N6/c1-3-14(10-19-6-1)17-18(4-2-5-18)11-24(17)16-9-15(21-12-22-16)23-8-7-20-13-23/h1,3,6-10,12-13,17H,2,4-5,11H2. The third-order valence-electron chi connectivity index (χ3n) is 5.43. The van der Waals surface area contributed by atoms with E-state index < -0.39 is 0 Å². The highest BCUT2D eigenvalue weighted by molar-refractivity contribution is 5.52. The fourth-order valence-electron chi connectivity index (χ4n) is 4.11. The Balaban J connectivity index is 1.51. The van der Waals surface area contributed by atoms with Crippen molar-refractivity contribution in [2.24, 2.45) is 5.41 Å². The van der Waals surface area contributed by atoms with E-state index in [0.717, 1.165) is 18.2 Å². The van der Waals surface area contributed by atoms with E-state index in [1.807, 2.05) is 35.3 Å². The van der Waals surface area contributed by atoms with Gasteiger partial charge in [0, 0.05) is 42.8 Å². The van der Waals surface area contributed by atoms with E-state index in [0.29, 0.717) is 11.5 Å². The molecule has 6 heteroatoms. The lowest BCUT2D eigenvalue weighted by Gasteiger charge is -2.63. The van der Waals surface area contributed by atoms with Crippen LogP contribution >= 0.6 is 0 Å². The minimum absolute atomic E-state index is 0.366. The maximum absolute atomic E-state index is 4.53. The minimum Gasteiger partial charge on any atom is -0.348 e. The molecule has 2 aliphatic rings. The summed E-state index contributed by atoms with van der Waals surface area (Å²) in [4.78, 5) is 19.7. The Labute approximate surface area is 140 Å². The highest BCUT2D eigenvalue weighted by atomic mass is 15.3. The number of pyridine rings is 1. The molecule has 1 aliphatic heterocycles. The molecule has 0 amide bonds. The summed E-state index contributed by atoms with van der Waals surface area (Å²) < 4.78 is 1.91. The first-order valence-corrected chi connectivity index (χ1v) is 8.33. The number of anilines is 1. The van der Waals surface area contributed by atoms with Crippen molar-refractivity contribution >= 4 is 5.82 Å². The average molecular weight is 318 g/mol. The molecule has 1 aliphatic carbocycles. The van der Waals surface area contributed by atoms with Crippen molar-refractivity contribution in [1.82, 2.24) is 24.5 Å². The van der Waals surface area contributed by atoms with Gasteiger partial charge in [0.05, 0.1) is 6.04 Å². The van der Waals surface area contributed by atoms with Crippen LogP contribution in [-0.2, 0) is 0 Å². The highest BCUT2D eigenvalue weighted by Gasteiger charge is 2.56. The Kier molecular flexibility index (Phi) is 2.92. The molecule has 6 nitrogen and oxygen atoms in total. The third kappa shape index (κ3) is 1.95. The van der Waals surface area contributed by atoms with Crippen LogP contribution in [0.5, 0.6) is 0 Å².